The van der Waals surface area contributed by atoms with Crippen LogP contribution in [0.2, 0.25) is 5.02 Å². The van der Waals surface area contributed by atoms with Crippen molar-refractivity contribution in [1.82, 2.24) is 45.4 Å². The number of halogens is 7. The van der Waals surface area contributed by atoms with Gasteiger partial charge in [0.1, 0.15) is 12.2 Å². The Morgan fingerprint density at radius 1 is 1.04 bits per heavy atom. The molecule has 0 aliphatic carbocycles. The van der Waals surface area contributed by atoms with E-state index in [-0.39, 0.29) is 33.5 Å². The van der Waals surface area contributed by atoms with Crippen molar-refractivity contribution < 1.29 is 45.5 Å². The molecule has 4 rings (SSSR count). The first-order chi connectivity index (χ1) is 21.0. The van der Waals surface area contributed by atoms with Gasteiger partial charge in [-0.25, -0.2) is 19.5 Å². The van der Waals surface area contributed by atoms with Gasteiger partial charge in [0, 0.05) is 13.2 Å². The van der Waals surface area contributed by atoms with Crippen molar-refractivity contribution in [2.24, 2.45) is 0 Å². The molecular formula is C24H19ClF6N10O4. The Bertz CT molecular complexity index is 1770. The van der Waals surface area contributed by atoms with Crippen molar-refractivity contribution in [3.8, 4) is 5.82 Å². The maximum atomic E-state index is 13.6. The minimum atomic E-state index is -4.89. The Balaban J connectivity index is 1.77. The highest BCUT2D eigenvalue weighted by Gasteiger charge is 2.37. The standard InChI is InChI=1S/C24H19ClF6N10O4/c1-11-7-12(23(26,27)28)8-14(19(42)36-39(2)22(44)45-3)17(11)33-20(43)16-9-13(10-40-37-21(34-38-40)24(29,30)31)35-41(16)18-15(25)5-4-6-32-18/h4-9H,10H2,1-3H3,(H,33,43)(H,36,42). The van der Waals surface area contributed by atoms with Gasteiger partial charge < -0.3 is 10.1 Å². The fourth-order valence-corrected chi connectivity index (χ4v) is 4.00. The van der Waals surface area contributed by atoms with Crippen LogP contribution in [0, 0.1) is 6.92 Å². The Kier molecular flexibility index (Phi) is 8.98. The van der Waals surface area contributed by atoms with E-state index in [0.717, 1.165) is 24.9 Å². The maximum Gasteiger partial charge on any atom is 0.455 e. The normalized spacial score (nSPS) is 11.7. The van der Waals surface area contributed by atoms with Crippen LogP contribution in [0.4, 0.5) is 36.8 Å². The summed E-state index contributed by atoms with van der Waals surface area (Å²) in [5.74, 6) is -3.88. The second-order valence-electron chi connectivity index (χ2n) is 9.02. The molecule has 238 valence electrons. The molecule has 0 saturated carbocycles. The Morgan fingerprint density at radius 2 is 1.76 bits per heavy atom. The SMILES string of the molecule is COC(=O)N(C)NC(=O)c1cc(C(F)(F)F)cc(C)c1NC(=O)c1cc(Cn2nnc(C(F)(F)F)n2)nn1-c1ncccc1Cl. The van der Waals surface area contributed by atoms with E-state index in [1.165, 1.54) is 25.3 Å². The molecular weight excluding hydrogens is 642 g/mol. The molecule has 21 heteroatoms. The van der Waals surface area contributed by atoms with Gasteiger partial charge in [-0.05, 0) is 48.0 Å². The zero-order chi connectivity index (χ0) is 33.3. The highest BCUT2D eigenvalue weighted by molar-refractivity contribution is 6.32. The lowest BCUT2D eigenvalue weighted by atomic mass is 10.0. The van der Waals surface area contributed by atoms with Crippen molar-refractivity contribution in [3.63, 3.8) is 0 Å². The molecule has 1 aromatic carbocycles. The van der Waals surface area contributed by atoms with Gasteiger partial charge in [0.15, 0.2) is 5.82 Å². The van der Waals surface area contributed by atoms with E-state index in [9.17, 15) is 40.7 Å². The number of aromatic nitrogens is 7. The van der Waals surface area contributed by atoms with Crippen LogP contribution in [0.1, 0.15) is 43.5 Å². The Hall–Kier alpha value is -5.27. The fraction of sp³-hybridized carbons (Fsp3) is 0.250. The van der Waals surface area contributed by atoms with Crippen LogP contribution in [-0.2, 0) is 23.6 Å². The van der Waals surface area contributed by atoms with Gasteiger partial charge in [-0.3, -0.25) is 15.0 Å². The van der Waals surface area contributed by atoms with Crippen molar-refractivity contribution in [2.45, 2.75) is 25.8 Å². The number of nitrogens with one attached hydrogen (secondary N) is 2. The first-order valence-electron chi connectivity index (χ1n) is 12.2. The second kappa shape index (κ2) is 12.4. The van der Waals surface area contributed by atoms with Crippen LogP contribution < -0.4 is 10.7 Å². The third kappa shape index (κ3) is 7.28. The Labute approximate surface area is 252 Å². The number of rotatable bonds is 6. The highest BCUT2D eigenvalue weighted by atomic mass is 35.5. The zero-order valence-electron chi connectivity index (χ0n) is 23.0. The molecule has 45 heavy (non-hydrogen) atoms. The lowest BCUT2D eigenvalue weighted by Crippen LogP contribution is -2.43. The molecule has 0 bridgehead atoms. The summed E-state index contributed by atoms with van der Waals surface area (Å²) in [6, 6.07) is 5.14. The van der Waals surface area contributed by atoms with Crippen LogP contribution in [0.5, 0.6) is 0 Å². The number of anilines is 1. The number of methoxy groups -OCH3 is 1. The van der Waals surface area contributed by atoms with Gasteiger partial charge in [0.05, 0.1) is 34.6 Å². The minimum Gasteiger partial charge on any atom is -0.452 e. The second-order valence-corrected chi connectivity index (χ2v) is 9.43. The topological polar surface area (TPSA) is 162 Å². The molecule has 0 fully saturated rings. The van der Waals surface area contributed by atoms with Crippen LogP contribution >= 0.6 is 11.6 Å². The molecule has 0 atom stereocenters. The number of aryl methyl sites for hydroxylation is 1. The summed E-state index contributed by atoms with van der Waals surface area (Å²) < 4.78 is 85.1. The van der Waals surface area contributed by atoms with E-state index in [1.807, 2.05) is 5.43 Å². The van der Waals surface area contributed by atoms with Gasteiger partial charge in [0.2, 0.25) is 0 Å². The molecule has 0 saturated heterocycles. The summed E-state index contributed by atoms with van der Waals surface area (Å²) in [6.07, 6.45) is -9.51. The molecule has 0 aliphatic rings. The number of carbonyl (C=O) groups excluding carboxylic acids is 3. The van der Waals surface area contributed by atoms with Crippen LogP contribution in [0.25, 0.3) is 5.82 Å². The molecule has 3 heterocycles. The predicted molar refractivity (Wildman–Crippen MR) is 140 cm³/mol. The maximum absolute atomic E-state index is 13.6. The number of carbonyl (C=O) groups is 3. The van der Waals surface area contributed by atoms with E-state index in [4.69, 9.17) is 11.6 Å². The molecule has 0 radical (unpaired) electrons. The summed E-state index contributed by atoms with van der Waals surface area (Å²) in [7, 11) is 2.07. The molecule has 0 spiro atoms. The molecule has 4 aromatic rings. The van der Waals surface area contributed by atoms with Crippen molar-refractivity contribution in [1.29, 1.82) is 0 Å². The third-order valence-electron chi connectivity index (χ3n) is 5.81. The highest BCUT2D eigenvalue weighted by Crippen LogP contribution is 2.34. The number of amides is 3. The minimum absolute atomic E-state index is 0.00364. The summed E-state index contributed by atoms with van der Waals surface area (Å²) in [6.45, 7) is 0.687. The number of hydrazine groups is 1. The summed E-state index contributed by atoms with van der Waals surface area (Å²) >= 11 is 6.23. The van der Waals surface area contributed by atoms with Crippen LogP contribution in [0.15, 0.2) is 36.5 Å². The number of pyridine rings is 1. The lowest BCUT2D eigenvalue weighted by Gasteiger charge is -2.20. The average Bonchev–Trinajstić information content (AvgIpc) is 3.61. The van der Waals surface area contributed by atoms with E-state index in [2.05, 4.69) is 35.5 Å². The average molecular weight is 661 g/mol. The van der Waals surface area contributed by atoms with Crippen molar-refractivity contribution in [3.05, 3.63) is 75.5 Å². The number of nitrogens with zero attached hydrogens (tertiary/aromatic N) is 8. The largest absolute Gasteiger partial charge is 0.455 e. The zero-order valence-corrected chi connectivity index (χ0v) is 23.8. The number of ether oxygens (including phenoxy) is 1. The van der Waals surface area contributed by atoms with Crippen LogP contribution in [0.3, 0.4) is 0 Å². The van der Waals surface area contributed by atoms with Crippen molar-refractivity contribution >= 4 is 35.2 Å². The smallest absolute Gasteiger partial charge is 0.452 e. The molecule has 3 amide bonds. The van der Waals surface area contributed by atoms with Gasteiger partial charge in [-0.15, -0.1) is 10.2 Å². The molecule has 0 unspecified atom stereocenters. The van der Waals surface area contributed by atoms with E-state index in [0.29, 0.717) is 21.9 Å². The van der Waals surface area contributed by atoms with Gasteiger partial charge in [0.25, 0.3) is 17.6 Å². The number of benzene rings is 1. The number of tetrazole rings is 1. The summed E-state index contributed by atoms with van der Waals surface area (Å²) in [5.41, 5.74) is -0.855. The van der Waals surface area contributed by atoms with Gasteiger partial charge >= 0.3 is 18.4 Å². The molecule has 0 aliphatic heterocycles. The Morgan fingerprint density at radius 3 is 2.36 bits per heavy atom. The van der Waals surface area contributed by atoms with Gasteiger partial charge in [-0.2, -0.15) is 36.2 Å². The molecule has 2 N–H and O–H groups in total. The lowest BCUT2D eigenvalue weighted by molar-refractivity contribution is -0.145. The van der Waals surface area contributed by atoms with E-state index >= 15 is 0 Å². The van der Waals surface area contributed by atoms with Crippen molar-refractivity contribution in [2.75, 3.05) is 19.5 Å². The number of alkyl halides is 6. The quantitative estimate of drug-likeness (QED) is 0.231. The number of hydrogen-bond acceptors (Lipinski definition) is 9. The summed E-state index contributed by atoms with van der Waals surface area (Å²) in [4.78, 5) is 43.0. The monoisotopic (exact) mass is 660 g/mol. The molecule has 14 nitrogen and oxygen atoms in total. The van der Waals surface area contributed by atoms with Crippen LogP contribution in [-0.4, -0.2) is 72.0 Å². The predicted octanol–water partition coefficient (Wildman–Crippen LogP) is 3.90. The first-order valence-corrected chi connectivity index (χ1v) is 12.6. The summed E-state index contributed by atoms with van der Waals surface area (Å²) in [5, 5.41) is 16.6. The fourth-order valence-electron chi connectivity index (χ4n) is 3.80. The molecule has 3 aromatic heterocycles. The number of hydrogen-bond donors (Lipinski definition) is 2. The van der Waals surface area contributed by atoms with Gasteiger partial charge in [-0.1, -0.05) is 11.6 Å². The third-order valence-corrected chi connectivity index (χ3v) is 6.10. The first kappa shape index (κ1) is 32.6. The van der Waals surface area contributed by atoms with E-state index in [1.54, 1.807) is 0 Å². The van der Waals surface area contributed by atoms with E-state index < -0.39 is 53.8 Å².